The number of hydrogen-bond acceptors (Lipinski definition) is 3. The van der Waals surface area contributed by atoms with E-state index in [9.17, 15) is 13.2 Å². The molecule has 0 saturated carbocycles. The Balaban J connectivity index is 2.85. The van der Waals surface area contributed by atoms with Crippen LogP contribution < -0.4 is 0 Å². The molecule has 94 valence electrons. The first-order chi connectivity index (χ1) is 7.16. The molecule has 16 heavy (non-hydrogen) atoms. The van der Waals surface area contributed by atoms with Crippen molar-refractivity contribution in [3.8, 4) is 0 Å². The first-order valence-electron chi connectivity index (χ1n) is 5.29. The number of amides is 1. The average Bonchev–Trinajstić information content (AvgIpc) is 2.14. The molecular formula is C10H18BrNO3S. The molecule has 0 aromatic heterocycles. The third-order valence-electron chi connectivity index (χ3n) is 3.09. The molecule has 0 aromatic rings. The van der Waals surface area contributed by atoms with Crippen LogP contribution in [0.1, 0.15) is 26.7 Å². The van der Waals surface area contributed by atoms with Gasteiger partial charge < -0.3 is 4.90 Å². The standard InChI is InChI=1S/C10H18BrNO3S/c1-10(2,16(3,14)15)9(13)12-6-4-5-8(11)7-12/h8H,4-7H2,1-3H3. The molecule has 1 heterocycles. The van der Waals surface area contributed by atoms with Crippen LogP contribution in [0.5, 0.6) is 0 Å². The third-order valence-corrected chi connectivity index (χ3v) is 5.87. The Morgan fingerprint density at radius 3 is 2.44 bits per heavy atom. The van der Waals surface area contributed by atoms with Gasteiger partial charge in [-0.1, -0.05) is 15.9 Å². The largest absolute Gasteiger partial charge is 0.340 e. The molecule has 1 saturated heterocycles. The van der Waals surface area contributed by atoms with Gasteiger partial charge >= 0.3 is 0 Å². The third kappa shape index (κ3) is 2.77. The number of piperidine rings is 1. The lowest BCUT2D eigenvalue weighted by atomic mass is 10.1. The number of likely N-dealkylation sites (tertiary alicyclic amines) is 1. The van der Waals surface area contributed by atoms with E-state index in [1.165, 1.54) is 13.8 Å². The van der Waals surface area contributed by atoms with Crippen LogP contribution in [-0.2, 0) is 14.6 Å². The van der Waals surface area contributed by atoms with Crippen LogP contribution in [0, 0.1) is 0 Å². The van der Waals surface area contributed by atoms with Gasteiger partial charge in [0.2, 0.25) is 5.91 Å². The lowest BCUT2D eigenvalue weighted by molar-refractivity contribution is -0.133. The van der Waals surface area contributed by atoms with Gasteiger partial charge in [0.1, 0.15) is 4.75 Å². The second-order valence-electron chi connectivity index (χ2n) is 4.77. The molecule has 1 aliphatic rings. The zero-order valence-electron chi connectivity index (χ0n) is 9.86. The minimum absolute atomic E-state index is 0.278. The van der Waals surface area contributed by atoms with E-state index in [0.717, 1.165) is 19.1 Å². The van der Waals surface area contributed by atoms with Crippen LogP contribution in [0.3, 0.4) is 0 Å². The van der Waals surface area contributed by atoms with Crippen molar-refractivity contribution in [1.82, 2.24) is 4.90 Å². The highest BCUT2D eigenvalue weighted by atomic mass is 79.9. The summed E-state index contributed by atoms with van der Waals surface area (Å²) >= 11 is 3.47. The maximum absolute atomic E-state index is 12.1. The zero-order valence-corrected chi connectivity index (χ0v) is 12.3. The van der Waals surface area contributed by atoms with Crippen LogP contribution in [0.15, 0.2) is 0 Å². The van der Waals surface area contributed by atoms with E-state index in [0.29, 0.717) is 13.1 Å². The summed E-state index contributed by atoms with van der Waals surface area (Å²) < 4.78 is 21.8. The van der Waals surface area contributed by atoms with Crippen molar-refractivity contribution in [2.75, 3.05) is 19.3 Å². The Morgan fingerprint density at radius 1 is 1.44 bits per heavy atom. The molecule has 0 aliphatic carbocycles. The molecule has 4 nitrogen and oxygen atoms in total. The van der Waals surface area contributed by atoms with E-state index in [2.05, 4.69) is 15.9 Å². The number of rotatable bonds is 2. The van der Waals surface area contributed by atoms with E-state index < -0.39 is 14.6 Å². The molecule has 0 spiro atoms. The molecule has 1 atom stereocenters. The first kappa shape index (κ1) is 14.0. The first-order valence-corrected chi connectivity index (χ1v) is 8.10. The molecule has 1 fully saturated rings. The van der Waals surface area contributed by atoms with Crippen LogP contribution in [0.2, 0.25) is 0 Å². The van der Waals surface area contributed by atoms with E-state index in [4.69, 9.17) is 0 Å². The van der Waals surface area contributed by atoms with Gasteiger partial charge in [-0.05, 0) is 26.7 Å². The minimum atomic E-state index is -3.37. The highest BCUT2D eigenvalue weighted by Crippen LogP contribution is 2.23. The molecule has 0 aromatic carbocycles. The van der Waals surface area contributed by atoms with Gasteiger partial charge in [-0.25, -0.2) is 8.42 Å². The van der Waals surface area contributed by atoms with Gasteiger partial charge in [-0.2, -0.15) is 0 Å². The molecule has 0 radical (unpaired) electrons. The lowest BCUT2D eigenvalue weighted by Gasteiger charge is -2.35. The molecular weight excluding hydrogens is 294 g/mol. The second kappa shape index (κ2) is 4.64. The lowest BCUT2D eigenvalue weighted by Crippen LogP contribution is -2.52. The maximum atomic E-state index is 12.1. The summed E-state index contributed by atoms with van der Waals surface area (Å²) in [6, 6.07) is 0. The summed E-state index contributed by atoms with van der Waals surface area (Å²) in [6.07, 6.45) is 3.06. The van der Waals surface area contributed by atoms with Crippen molar-refractivity contribution in [1.29, 1.82) is 0 Å². The molecule has 1 aliphatic heterocycles. The highest BCUT2D eigenvalue weighted by Gasteiger charge is 2.42. The van der Waals surface area contributed by atoms with E-state index >= 15 is 0 Å². The van der Waals surface area contributed by atoms with Gasteiger partial charge in [-0.3, -0.25) is 4.79 Å². The van der Waals surface area contributed by atoms with Gasteiger partial charge in [0, 0.05) is 24.2 Å². The van der Waals surface area contributed by atoms with E-state index in [1.54, 1.807) is 4.90 Å². The van der Waals surface area contributed by atoms with Crippen molar-refractivity contribution in [3.63, 3.8) is 0 Å². The predicted octanol–water partition coefficient (Wildman–Crippen LogP) is 1.20. The van der Waals surface area contributed by atoms with E-state index in [-0.39, 0.29) is 10.7 Å². The SMILES string of the molecule is CC(C)(C(=O)N1CCCC(Br)C1)S(C)(=O)=O. The van der Waals surface area contributed by atoms with Crippen molar-refractivity contribution in [2.24, 2.45) is 0 Å². The topological polar surface area (TPSA) is 54.5 Å². The normalized spacial score (nSPS) is 23.2. The van der Waals surface area contributed by atoms with Crippen molar-refractivity contribution in [3.05, 3.63) is 0 Å². The van der Waals surface area contributed by atoms with Gasteiger partial charge in [0.25, 0.3) is 0 Å². The molecule has 1 unspecified atom stereocenters. The van der Waals surface area contributed by atoms with Crippen molar-refractivity contribution >= 4 is 31.7 Å². The molecule has 0 N–H and O–H groups in total. The number of nitrogens with zero attached hydrogens (tertiary/aromatic N) is 1. The fraction of sp³-hybridized carbons (Fsp3) is 0.900. The Hall–Kier alpha value is -0.100. The highest BCUT2D eigenvalue weighted by molar-refractivity contribution is 9.09. The summed E-state index contributed by atoms with van der Waals surface area (Å²) in [7, 11) is -3.37. The van der Waals surface area contributed by atoms with Crippen LogP contribution in [0.25, 0.3) is 0 Å². The molecule has 1 rings (SSSR count). The molecule has 6 heteroatoms. The number of sulfone groups is 1. The van der Waals surface area contributed by atoms with Gasteiger partial charge in [-0.15, -0.1) is 0 Å². The van der Waals surface area contributed by atoms with Crippen LogP contribution in [-0.4, -0.2) is 48.1 Å². The summed E-state index contributed by atoms with van der Waals surface area (Å²) in [4.78, 5) is 14.1. The fourth-order valence-corrected chi connectivity index (χ4v) is 2.77. The Bertz CT molecular complexity index is 378. The number of halogens is 1. The molecule has 0 bridgehead atoms. The van der Waals surface area contributed by atoms with Crippen molar-refractivity contribution < 1.29 is 13.2 Å². The van der Waals surface area contributed by atoms with Gasteiger partial charge in [0.15, 0.2) is 9.84 Å². The average molecular weight is 312 g/mol. The van der Waals surface area contributed by atoms with Gasteiger partial charge in [0.05, 0.1) is 0 Å². The summed E-state index contributed by atoms with van der Waals surface area (Å²) in [5.41, 5.74) is 0. The van der Waals surface area contributed by atoms with Crippen LogP contribution >= 0.6 is 15.9 Å². The fourth-order valence-electron chi connectivity index (χ4n) is 1.65. The summed E-state index contributed by atoms with van der Waals surface area (Å²) in [5, 5.41) is 0. The monoisotopic (exact) mass is 311 g/mol. The Labute approximate surface area is 105 Å². The quantitative estimate of drug-likeness (QED) is 0.720. The Morgan fingerprint density at radius 2 is 2.00 bits per heavy atom. The maximum Gasteiger partial charge on any atom is 0.243 e. The smallest absolute Gasteiger partial charge is 0.243 e. The number of carbonyl (C=O) groups excluding carboxylic acids is 1. The zero-order chi connectivity index (χ0) is 12.6. The summed E-state index contributed by atoms with van der Waals surface area (Å²) in [5.74, 6) is -0.292. The van der Waals surface area contributed by atoms with Crippen molar-refractivity contribution in [2.45, 2.75) is 36.3 Å². The molecule has 1 amide bonds. The number of carbonyl (C=O) groups is 1. The minimum Gasteiger partial charge on any atom is -0.340 e. The second-order valence-corrected chi connectivity index (χ2v) is 8.63. The number of alkyl halides is 1. The van der Waals surface area contributed by atoms with E-state index in [1.807, 2.05) is 0 Å². The van der Waals surface area contributed by atoms with Crippen LogP contribution in [0.4, 0.5) is 0 Å². The Kier molecular flexibility index (Phi) is 4.05. The summed E-state index contributed by atoms with van der Waals surface area (Å²) in [6.45, 7) is 4.20. The predicted molar refractivity (Wildman–Crippen MR) is 67.5 cm³/mol. The number of hydrogen-bond donors (Lipinski definition) is 0.